The van der Waals surface area contributed by atoms with Gasteiger partial charge in [-0.2, -0.15) is 18.2 Å². The quantitative estimate of drug-likeness (QED) is 0.842. The first-order valence-electron chi connectivity index (χ1n) is 6.27. The number of fused-ring (bicyclic) bond motifs is 1. The Balaban J connectivity index is 2.19. The fourth-order valence-corrected chi connectivity index (χ4v) is 2.57. The van der Waals surface area contributed by atoms with Crippen LogP contribution in [0.15, 0.2) is 23.0 Å². The van der Waals surface area contributed by atoms with E-state index >= 15 is 0 Å². The highest BCUT2D eigenvalue weighted by Gasteiger charge is 2.31. The molecule has 106 valence electrons. The average molecular weight is 283 g/mol. The maximum atomic E-state index is 12.7. The van der Waals surface area contributed by atoms with Crippen LogP contribution in [0.3, 0.4) is 0 Å². The van der Waals surface area contributed by atoms with E-state index in [2.05, 4.69) is 15.3 Å². The lowest BCUT2D eigenvalue weighted by Gasteiger charge is -2.13. The third-order valence-corrected chi connectivity index (χ3v) is 3.55. The number of H-pyrrole nitrogens is 1. The molecule has 1 fully saturated rings. The van der Waals surface area contributed by atoms with Gasteiger partial charge in [0.2, 0.25) is 0 Å². The minimum atomic E-state index is -4.44. The number of halogens is 3. The molecule has 1 aromatic carbocycles. The van der Waals surface area contributed by atoms with Gasteiger partial charge in [0.15, 0.2) is 0 Å². The zero-order valence-corrected chi connectivity index (χ0v) is 10.4. The second-order valence-corrected chi connectivity index (χ2v) is 4.88. The summed E-state index contributed by atoms with van der Waals surface area (Å²) in [7, 11) is 0. The van der Waals surface area contributed by atoms with Crippen LogP contribution in [0.4, 0.5) is 13.2 Å². The normalized spacial score (nSPS) is 19.6. The predicted octanol–water partition coefficient (Wildman–Crippen LogP) is 2.02. The first kappa shape index (κ1) is 13.1. The van der Waals surface area contributed by atoms with Crippen LogP contribution in [0.2, 0.25) is 0 Å². The lowest BCUT2D eigenvalue weighted by molar-refractivity contribution is -0.137. The van der Waals surface area contributed by atoms with Crippen molar-refractivity contribution in [2.75, 3.05) is 13.1 Å². The Labute approximate surface area is 112 Å². The number of benzene rings is 1. The third-order valence-electron chi connectivity index (χ3n) is 3.55. The van der Waals surface area contributed by atoms with Crippen LogP contribution in [0.25, 0.3) is 10.9 Å². The van der Waals surface area contributed by atoms with Gasteiger partial charge in [-0.3, -0.25) is 0 Å². The molecule has 0 spiro atoms. The molecule has 1 aliphatic heterocycles. The highest BCUT2D eigenvalue weighted by molar-refractivity contribution is 5.82. The molecule has 0 radical (unpaired) electrons. The van der Waals surface area contributed by atoms with E-state index < -0.39 is 17.4 Å². The molecule has 7 heteroatoms. The molecule has 0 aliphatic carbocycles. The largest absolute Gasteiger partial charge is 0.416 e. The number of hydrogen-bond acceptors (Lipinski definition) is 3. The lowest BCUT2D eigenvalue weighted by atomic mass is 9.99. The first-order valence-corrected chi connectivity index (χ1v) is 6.27. The molecule has 2 aromatic rings. The van der Waals surface area contributed by atoms with Crippen LogP contribution >= 0.6 is 0 Å². The fraction of sp³-hybridized carbons (Fsp3) is 0.385. The SMILES string of the molecule is O=c1nc2cc(C(F)(F)F)ccc2c(C2CCNC2)[nH]1. The van der Waals surface area contributed by atoms with Gasteiger partial charge < -0.3 is 10.3 Å². The number of aromatic amines is 1. The minimum Gasteiger partial charge on any atom is -0.316 e. The number of hydrogen-bond donors (Lipinski definition) is 2. The van der Waals surface area contributed by atoms with Crippen LogP contribution in [-0.2, 0) is 6.18 Å². The topological polar surface area (TPSA) is 57.8 Å². The highest BCUT2D eigenvalue weighted by atomic mass is 19.4. The maximum Gasteiger partial charge on any atom is 0.416 e. The summed E-state index contributed by atoms with van der Waals surface area (Å²) in [5.74, 6) is 0.102. The monoisotopic (exact) mass is 283 g/mol. The molecular weight excluding hydrogens is 271 g/mol. The van der Waals surface area contributed by atoms with Crippen molar-refractivity contribution in [3.8, 4) is 0 Å². The van der Waals surface area contributed by atoms with E-state index in [1.54, 1.807) is 0 Å². The predicted molar refractivity (Wildman–Crippen MR) is 67.6 cm³/mol. The second kappa shape index (κ2) is 4.59. The van der Waals surface area contributed by atoms with Crippen molar-refractivity contribution in [2.24, 2.45) is 0 Å². The summed E-state index contributed by atoms with van der Waals surface area (Å²) in [5, 5.41) is 3.74. The van der Waals surface area contributed by atoms with Crippen molar-refractivity contribution >= 4 is 10.9 Å². The van der Waals surface area contributed by atoms with Gasteiger partial charge in [0.1, 0.15) is 0 Å². The molecule has 4 nitrogen and oxygen atoms in total. The Hall–Kier alpha value is -1.89. The summed E-state index contributed by atoms with van der Waals surface area (Å²) in [6.07, 6.45) is -3.59. The average Bonchev–Trinajstić information content (AvgIpc) is 2.89. The van der Waals surface area contributed by atoms with Crippen LogP contribution in [0.1, 0.15) is 23.6 Å². The number of nitrogens with one attached hydrogen (secondary N) is 2. The van der Waals surface area contributed by atoms with Gasteiger partial charge in [-0.15, -0.1) is 0 Å². The Morgan fingerprint density at radius 2 is 2.10 bits per heavy atom. The summed E-state index contributed by atoms with van der Waals surface area (Å²) in [5.41, 5.74) is -0.651. The van der Waals surface area contributed by atoms with Crippen molar-refractivity contribution in [1.82, 2.24) is 15.3 Å². The number of rotatable bonds is 1. The zero-order valence-electron chi connectivity index (χ0n) is 10.4. The Bertz CT molecular complexity index is 702. The number of nitrogens with zero attached hydrogens (tertiary/aromatic N) is 1. The first-order chi connectivity index (χ1) is 9.45. The van der Waals surface area contributed by atoms with E-state index in [0.717, 1.165) is 25.1 Å². The van der Waals surface area contributed by atoms with Crippen molar-refractivity contribution in [1.29, 1.82) is 0 Å². The summed E-state index contributed by atoms with van der Waals surface area (Å²) >= 11 is 0. The standard InChI is InChI=1S/C13H12F3N3O/c14-13(15,16)8-1-2-9-10(5-8)18-12(20)19-11(9)7-3-4-17-6-7/h1-2,5,7,17H,3-4,6H2,(H,18,19,20). The minimum absolute atomic E-state index is 0.0884. The molecule has 2 heterocycles. The van der Waals surface area contributed by atoms with Crippen LogP contribution in [0, 0.1) is 0 Å². The summed E-state index contributed by atoms with van der Waals surface area (Å²) < 4.78 is 38.1. The summed E-state index contributed by atoms with van der Waals surface area (Å²) in [4.78, 5) is 17.9. The molecule has 2 N–H and O–H groups in total. The summed E-state index contributed by atoms with van der Waals surface area (Å²) in [6, 6.07) is 3.33. The van der Waals surface area contributed by atoms with E-state index in [0.29, 0.717) is 17.6 Å². The zero-order chi connectivity index (χ0) is 14.3. The summed E-state index contributed by atoms with van der Waals surface area (Å²) in [6.45, 7) is 1.53. The van der Waals surface area contributed by atoms with Crippen molar-refractivity contribution < 1.29 is 13.2 Å². The molecule has 20 heavy (non-hydrogen) atoms. The van der Waals surface area contributed by atoms with E-state index in [-0.39, 0.29) is 11.4 Å². The van der Waals surface area contributed by atoms with Crippen LogP contribution in [0.5, 0.6) is 0 Å². The molecule has 0 saturated carbocycles. The number of aromatic nitrogens is 2. The lowest BCUT2D eigenvalue weighted by Crippen LogP contribution is -2.17. The Morgan fingerprint density at radius 3 is 2.75 bits per heavy atom. The van der Waals surface area contributed by atoms with Crippen LogP contribution in [-0.4, -0.2) is 23.1 Å². The molecule has 1 atom stereocenters. The molecule has 0 bridgehead atoms. The van der Waals surface area contributed by atoms with E-state index in [4.69, 9.17) is 0 Å². The molecular formula is C13H12F3N3O. The highest BCUT2D eigenvalue weighted by Crippen LogP contribution is 2.32. The van der Waals surface area contributed by atoms with E-state index in [9.17, 15) is 18.0 Å². The molecule has 3 rings (SSSR count). The second-order valence-electron chi connectivity index (χ2n) is 4.88. The van der Waals surface area contributed by atoms with Crippen LogP contribution < -0.4 is 11.0 Å². The van der Waals surface area contributed by atoms with Gasteiger partial charge in [-0.1, -0.05) is 6.07 Å². The van der Waals surface area contributed by atoms with Gasteiger partial charge in [0, 0.05) is 23.5 Å². The van der Waals surface area contributed by atoms with Gasteiger partial charge in [0.25, 0.3) is 0 Å². The number of alkyl halides is 3. The molecule has 1 saturated heterocycles. The van der Waals surface area contributed by atoms with E-state index in [1.807, 2.05) is 0 Å². The van der Waals surface area contributed by atoms with Gasteiger partial charge in [0.05, 0.1) is 11.1 Å². The third kappa shape index (κ3) is 2.29. The molecule has 0 amide bonds. The Morgan fingerprint density at radius 1 is 1.30 bits per heavy atom. The van der Waals surface area contributed by atoms with Crippen molar-refractivity contribution in [3.05, 3.63) is 39.9 Å². The Kier molecular flexibility index (Phi) is 3.01. The smallest absolute Gasteiger partial charge is 0.316 e. The van der Waals surface area contributed by atoms with Gasteiger partial charge >= 0.3 is 11.9 Å². The van der Waals surface area contributed by atoms with Gasteiger partial charge in [-0.05, 0) is 25.1 Å². The maximum absolute atomic E-state index is 12.7. The fourth-order valence-electron chi connectivity index (χ4n) is 2.57. The van der Waals surface area contributed by atoms with E-state index in [1.165, 1.54) is 6.07 Å². The van der Waals surface area contributed by atoms with Crippen molar-refractivity contribution in [3.63, 3.8) is 0 Å². The molecule has 1 unspecified atom stereocenters. The van der Waals surface area contributed by atoms with Gasteiger partial charge in [-0.25, -0.2) is 4.79 Å². The molecule has 1 aromatic heterocycles. The molecule has 1 aliphatic rings. The van der Waals surface area contributed by atoms with Crippen molar-refractivity contribution in [2.45, 2.75) is 18.5 Å².